The van der Waals surface area contributed by atoms with Crippen molar-refractivity contribution in [3.8, 4) is 0 Å². The van der Waals surface area contributed by atoms with Gasteiger partial charge in [-0.25, -0.2) is 9.18 Å². The molecule has 0 saturated heterocycles. The van der Waals surface area contributed by atoms with E-state index in [0.717, 1.165) is 23.2 Å². The van der Waals surface area contributed by atoms with E-state index in [1.165, 1.54) is 21.3 Å². The zero-order valence-electron chi connectivity index (χ0n) is 17.4. The smallest absolute Gasteiger partial charge is 0.312 e. The third-order valence-electron chi connectivity index (χ3n) is 5.95. The zero-order valence-corrected chi connectivity index (χ0v) is 17.4. The fourth-order valence-corrected chi connectivity index (χ4v) is 4.23. The number of aromatic nitrogens is 4. The summed E-state index contributed by atoms with van der Waals surface area (Å²) in [6.45, 7) is 3.49. The molecule has 1 aliphatic rings. The van der Waals surface area contributed by atoms with Gasteiger partial charge in [0.15, 0.2) is 11.2 Å². The lowest BCUT2D eigenvalue weighted by Gasteiger charge is -2.29. The molecule has 3 heterocycles. The predicted molar refractivity (Wildman–Crippen MR) is 118 cm³/mol. The second-order valence-electron chi connectivity index (χ2n) is 7.88. The average molecular weight is 419 g/mol. The third kappa shape index (κ3) is 3.06. The van der Waals surface area contributed by atoms with Gasteiger partial charge in [0.05, 0.1) is 6.54 Å². The summed E-state index contributed by atoms with van der Waals surface area (Å²) in [6.07, 6.45) is 0.801. The minimum atomic E-state index is -0.399. The van der Waals surface area contributed by atoms with E-state index in [2.05, 4.69) is 4.98 Å². The second kappa shape index (κ2) is 7.23. The first-order valence-electron chi connectivity index (χ1n) is 10.2. The molecule has 4 aromatic rings. The molecule has 0 bridgehead atoms. The van der Waals surface area contributed by atoms with Gasteiger partial charge in [-0.2, -0.15) is 4.98 Å². The van der Waals surface area contributed by atoms with Crippen molar-refractivity contribution in [3.05, 3.63) is 86.3 Å². The van der Waals surface area contributed by atoms with Gasteiger partial charge in [-0.15, -0.1) is 0 Å². The van der Waals surface area contributed by atoms with Gasteiger partial charge in [-0.1, -0.05) is 24.3 Å². The summed E-state index contributed by atoms with van der Waals surface area (Å²) in [6, 6.07) is 13.9. The van der Waals surface area contributed by atoms with Crippen LogP contribution in [0.1, 0.15) is 17.5 Å². The van der Waals surface area contributed by atoms with Gasteiger partial charge < -0.3 is 9.47 Å². The molecule has 7 nitrogen and oxygen atoms in total. The van der Waals surface area contributed by atoms with Crippen LogP contribution in [0.3, 0.4) is 0 Å². The average Bonchev–Trinajstić information content (AvgIpc) is 3.17. The summed E-state index contributed by atoms with van der Waals surface area (Å²) in [5.41, 5.74) is 2.77. The molecule has 0 amide bonds. The maximum absolute atomic E-state index is 13.5. The van der Waals surface area contributed by atoms with E-state index in [4.69, 9.17) is 0 Å². The number of hydrogen-bond donors (Lipinski definition) is 0. The number of aryl methyl sites for hydroxylation is 3. The first-order chi connectivity index (χ1) is 15.0. The molecule has 0 unspecified atom stereocenters. The molecule has 0 atom stereocenters. The maximum atomic E-state index is 13.5. The van der Waals surface area contributed by atoms with Crippen molar-refractivity contribution >= 4 is 22.8 Å². The molecule has 0 spiro atoms. The van der Waals surface area contributed by atoms with Crippen LogP contribution in [0.2, 0.25) is 0 Å². The lowest BCUT2D eigenvalue weighted by atomic mass is 10.1. The van der Waals surface area contributed by atoms with Crippen molar-refractivity contribution in [1.29, 1.82) is 0 Å². The Kier molecular flexibility index (Phi) is 4.50. The minimum absolute atomic E-state index is 0.205. The van der Waals surface area contributed by atoms with Crippen LogP contribution in [-0.2, 0) is 20.1 Å². The van der Waals surface area contributed by atoms with Crippen LogP contribution in [0, 0.1) is 12.7 Å². The molecule has 0 radical (unpaired) electrons. The van der Waals surface area contributed by atoms with Crippen molar-refractivity contribution < 1.29 is 4.39 Å². The molecule has 31 heavy (non-hydrogen) atoms. The van der Waals surface area contributed by atoms with Crippen LogP contribution in [0.15, 0.2) is 58.1 Å². The number of halogens is 1. The van der Waals surface area contributed by atoms with Crippen LogP contribution < -0.4 is 16.1 Å². The summed E-state index contributed by atoms with van der Waals surface area (Å²) in [5.74, 6) is 0.282. The van der Waals surface area contributed by atoms with E-state index in [1.807, 2.05) is 40.7 Å². The van der Waals surface area contributed by atoms with E-state index in [0.29, 0.717) is 30.2 Å². The van der Waals surface area contributed by atoms with Gasteiger partial charge in [-0.05, 0) is 48.7 Å². The van der Waals surface area contributed by atoms with Crippen LogP contribution in [0.4, 0.5) is 16.0 Å². The van der Waals surface area contributed by atoms with Gasteiger partial charge in [0.1, 0.15) is 5.82 Å². The largest absolute Gasteiger partial charge is 0.332 e. The van der Waals surface area contributed by atoms with Crippen molar-refractivity contribution in [1.82, 2.24) is 18.7 Å². The summed E-state index contributed by atoms with van der Waals surface area (Å²) >= 11 is 0. The Morgan fingerprint density at radius 1 is 1.03 bits per heavy atom. The molecule has 5 rings (SSSR count). The molecule has 0 fully saturated rings. The van der Waals surface area contributed by atoms with E-state index in [-0.39, 0.29) is 17.9 Å². The highest BCUT2D eigenvalue weighted by molar-refractivity contribution is 5.77. The quantitative estimate of drug-likeness (QED) is 0.512. The molecule has 2 aromatic heterocycles. The maximum Gasteiger partial charge on any atom is 0.332 e. The van der Waals surface area contributed by atoms with Gasteiger partial charge >= 0.3 is 5.69 Å². The Morgan fingerprint density at radius 2 is 1.77 bits per heavy atom. The highest BCUT2D eigenvalue weighted by Gasteiger charge is 2.27. The number of imidazole rings is 1. The van der Waals surface area contributed by atoms with E-state index >= 15 is 0 Å². The molecule has 158 valence electrons. The molecule has 0 N–H and O–H groups in total. The highest BCUT2D eigenvalue weighted by Crippen LogP contribution is 2.31. The molecule has 1 aliphatic heterocycles. The van der Waals surface area contributed by atoms with Crippen LogP contribution in [-0.4, -0.2) is 25.2 Å². The first kappa shape index (κ1) is 19.3. The lowest BCUT2D eigenvalue weighted by Crippen LogP contribution is -2.40. The van der Waals surface area contributed by atoms with Crippen molar-refractivity contribution in [2.24, 2.45) is 7.05 Å². The van der Waals surface area contributed by atoms with Gasteiger partial charge in [-0.3, -0.25) is 13.9 Å². The summed E-state index contributed by atoms with van der Waals surface area (Å²) in [7, 11) is 1.64. The second-order valence-corrected chi connectivity index (χ2v) is 7.88. The highest BCUT2D eigenvalue weighted by atomic mass is 19.1. The molecule has 2 aromatic carbocycles. The number of rotatable bonds is 3. The van der Waals surface area contributed by atoms with Crippen LogP contribution >= 0.6 is 0 Å². The van der Waals surface area contributed by atoms with Gasteiger partial charge in [0.25, 0.3) is 5.56 Å². The Bertz CT molecular complexity index is 1420. The fourth-order valence-electron chi connectivity index (χ4n) is 4.23. The van der Waals surface area contributed by atoms with Gasteiger partial charge in [0.2, 0.25) is 5.95 Å². The number of benzene rings is 2. The fraction of sp³-hybridized carbons (Fsp3) is 0.261. The summed E-state index contributed by atoms with van der Waals surface area (Å²) < 4.78 is 18.0. The summed E-state index contributed by atoms with van der Waals surface area (Å²) in [5, 5.41) is 0. The van der Waals surface area contributed by atoms with E-state index in [9.17, 15) is 14.0 Å². The van der Waals surface area contributed by atoms with Crippen LogP contribution in [0.5, 0.6) is 0 Å². The van der Waals surface area contributed by atoms with Crippen molar-refractivity contribution in [3.63, 3.8) is 0 Å². The number of hydrogen-bond acceptors (Lipinski definition) is 4. The Labute approximate surface area is 177 Å². The molecular weight excluding hydrogens is 397 g/mol. The number of anilines is 2. The minimum Gasteiger partial charge on any atom is -0.312 e. The van der Waals surface area contributed by atoms with Crippen molar-refractivity contribution in [2.45, 2.75) is 26.4 Å². The van der Waals surface area contributed by atoms with E-state index in [1.54, 1.807) is 19.2 Å². The first-order valence-corrected chi connectivity index (χ1v) is 10.2. The third-order valence-corrected chi connectivity index (χ3v) is 5.95. The predicted octanol–water partition coefficient (Wildman–Crippen LogP) is 2.93. The number of nitrogens with zero attached hydrogens (tertiary/aromatic N) is 5. The van der Waals surface area contributed by atoms with E-state index < -0.39 is 5.69 Å². The molecule has 0 saturated carbocycles. The Morgan fingerprint density at radius 3 is 2.52 bits per heavy atom. The number of fused-ring (bicyclic) bond motifs is 3. The molecular formula is C23H22FN5O2. The van der Waals surface area contributed by atoms with Crippen LogP contribution in [0.25, 0.3) is 11.2 Å². The lowest BCUT2D eigenvalue weighted by molar-refractivity contribution is 0.596. The SMILES string of the molecule is Cc1ccccc1Cn1c(=O)c2c(nc3n2CCCN3c2ccc(F)cc2)n(C)c1=O. The zero-order chi connectivity index (χ0) is 21.7. The topological polar surface area (TPSA) is 65.1 Å². The standard InChI is InChI=1S/C23H22FN5O2/c1-15-6-3-4-7-16(15)14-29-21(30)19-20(26(2)23(29)31)25-22-27(12-5-13-28(19)22)18-10-8-17(24)9-11-18/h3-4,6-11H,5,12-14H2,1-2H3. The molecule has 0 aliphatic carbocycles. The molecule has 8 heteroatoms. The summed E-state index contributed by atoms with van der Waals surface area (Å²) in [4.78, 5) is 33.1. The Balaban J connectivity index is 1.71. The van der Waals surface area contributed by atoms with Crippen molar-refractivity contribution in [2.75, 3.05) is 11.4 Å². The normalized spacial score (nSPS) is 13.6. The van der Waals surface area contributed by atoms with Gasteiger partial charge in [0, 0.05) is 25.8 Å². The monoisotopic (exact) mass is 419 g/mol. The Hall–Kier alpha value is -3.68.